The smallest absolute Gasteiger partial charge is 0.313 e. The van der Waals surface area contributed by atoms with Crippen LogP contribution in [0.1, 0.15) is 11.1 Å². The minimum absolute atomic E-state index is 0.392. The SMILES string of the molecule is N#Cc1ccc(NC(=O)C(=O)NCCc2ccccc2)cc1. The van der Waals surface area contributed by atoms with Crippen LogP contribution in [-0.2, 0) is 16.0 Å². The number of nitrogens with one attached hydrogen (secondary N) is 2. The summed E-state index contributed by atoms with van der Waals surface area (Å²) in [6, 6.07) is 18.0. The molecule has 0 radical (unpaired) electrons. The van der Waals surface area contributed by atoms with E-state index in [-0.39, 0.29) is 0 Å². The maximum absolute atomic E-state index is 11.7. The topological polar surface area (TPSA) is 82.0 Å². The van der Waals surface area contributed by atoms with E-state index >= 15 is 0 Å². The average molecular weight is 293 g/mol. The van der Waals surface area contributed by atoms with Crippen molar-refractivity contribution in [3.63, 3.8) is 0 Å². The van der Waals surface area contributed by atoms with Crippen molar-refractivity contribution in [2.75, 3.05) is 11.9 Å². The van der Waals surface area contributed by atoms with E-state index in [9.17, 15) is 9.59 Å². The van der Waals surface area contributed by atoms with Crippen molar-refractivity contribution in [2.24, 2.45) is 0 Å². The number of benzene rings is 2. The summed E-state index contributed by atoms with van der Waals surface area (Å²) < 4.78 is 0. The number of amides is 2. The first-order valence-electron chi connectivity index (χ1n) is 6.82. The van der Waals surface area contributed by atoms with E-state index in [0.29, 0.717) is 24.2 Å². The van der Waals surface area contributed by atoms with Gasteiger partial charge in [-0.3, -0.25) is 9.59 Å². The van der Waals surface area contributed by atoms with Gasteiger partial charge < -0.3 is 10.6 Å². The van der Waals surface area contributed by atoms with Crippen LogP contribution in [0.5, 0.6) is 0 Å². The van der Waals surface area contributed by atoms with E-state index in [0.717, 1.165) is 5.56 Å². The molecule has 0 saturated carbocycles. The molecule has 2 rings (SSSR count). The summed E-state index contributed by atoms with van der Waals surface area (Å²) in [4.78, 5) is 23.4. The van der Waals surface area contributed by atoms with Crippen LogP contribution >= 0.6 is 0 Å². The van der Waals surface area contributed by atoms with Crippen molar-refractivity contribution in [1.82, 2.24) is 5.32 Å². The van der Waals surface area contributed by atoms with Gasteiger partial charge in [-0.2, -0.15) is 5.26 Å². The van der Waals surface area contributed by atoms with E-state index in [2.05, 4.69) is 10.6 Å². The van der Waals surface area contributed by atoms with E-state index in [1.165, 1.54) is 0 Å². The lowest BCUT2D eigenvalue weighted by Gasteiger charge is -2.06. The monoisotopic (exact) mass is 293 g/mol. The highest BCUT2D eigenvalue weighted by Gasteiger charge is 2.12. The number of nitrogens with zero attached hydrogens (tertiary/aromatic N) is 1. The van der Waals surface area contributed by atoms with Gasteiger partial charge in [-0.15, -0.1) is 0 Å². The van der Waals surface area contributed by atoms with Crippen LogP contribution in [0, 0.1) is 11.3 Å². The lowest BCUT2D eigenvalue weighted by Crippen LogP contribution is -2.36. The molecule has 5 heteroatoms. The largest absolute Gasteiger partial charge is 0.347 e. The highest BCUT2D eigenvalue weighted by atomic mass is 16.2. The van der Waals surface area contributed by atoms with Crippen molar-refractivity contribution in [1.29, 1.82) is 5.26 Å². The van der Waals surface area contributed by atoms with Crippen molar-refractivity contribution in [2.45, 2.75) is 6.42 Å². The van der Waals surface area contributed by atoms with Crippen LogP contribution in [-0.4, -0.2) is 18.4 Å². The molecule has 2 aromatic carbocycles. The van der Waals surface area contributed by atoms with Crippen LogP contribution < -0.4 is 10.6 Å². The van der Waals surface area contributed by atoms with Crippen LogP contribution in [0.4, 0.5) is 5.69 Å². The van der Waals surface area contributed by atoms with E-state index < -0.39 is 11.8 Å². The molecular weight excluding hydrogens is 278 g/mol. The van der Waals surface area contributed by atoms with Crippen LogP contribution in [0.2, 0.25) is 0 Å². The zero-order valence-electron chi connectivity index (χ0n) is 11.9. The minimum atomic E-state index is -0.724. The highest BCUT2D eigenvalue weighted by Crippen LogP contribution is 2.08. The summed E-state index contributed by atoms with van der Waals surface area (Å²) in [5.41, 5.74) is 2.06. The molecule has 2 aromatic rings. The maximum Gasteiger partial charge on any atom is 0.313 e. The number of hydrogen-bond acceptors (Lipinski definition) is 3. The third-order valence-corrected chi connectivity index (χ3v) is 3.02. The number of carbonyl (C=O) groups excluding carboxylic acids is 2. The highest BCUT2D eigenvalue weighted by molar-refractivity contribution is 6.39. The first kappa shape index (κ1) is 15.3. The third-order valence-electron chi connectivity index (χ3n) is 3.02. The Bertz CT molecular complexity index is 688. The molecule has 0 aliphatic rings. The van der Waals surface area contributed by atoms with Gasteiger partial charge in [0.1, 0.15) is 0 Å². The van der Waals surface area contributed by atoms with Gasteiger partial charge >= 0.3 is 11.8 Å². The summed E-state index contributed by atoms with van der Waals surface area (Å²) in [6.07, 6.45) is 0.663. The molecule has 0 aromatic heterocycles. The summed E-state index contributed by atoms with van der Waals surface area (Å²) in [6.45, 7) is 0.392. The first-order chi connectivity index (χ1) is 10.7. The van der Waals surface area contributed by atoms with Gasteiger partial charge in [0.25, 0.3) is 0 Å². The predicted octanol–water partition coefficient (Wildman–Crippen LogP) is 1.86. The van der Waals surface area contributed by atoms with Crippen LogP contribution in [0.15, 0.2) is 54.6 Å². The number of carbonyl (C=O) groups is 2. The van der Waals surface area contributed by atoms with E-state index in [4.69, 9.17) is 5.26 Å². The Morgan fingerprint density at radius 1 is 0.955 bits per heavy atom. The van der Waals surface area contributed by atoms with Crippen LogP contribution in [0.25, 0.3) is 0 Å². The zero-order valence-corrected chi connectivity index (χ0v) is 11.9. The number of nitriles is 1. The Morgan fingerprint density at radius 3 is 2.27 bits per heavy atom. The predicted molar refractivity (Wildman–Crippen MR) is 82.9 cm³/mol. The second kappa shape index (κ2) is 7.60. The molecule has 22 heavy (non-hydrogen) atoms. The van der Waals surface area contributed by atoms with Gasteiger partial charge in [0, 0.05) is 12.2 Å². The van der Waals surface area contributed by atoms with Crippen molar-refractivity contribution in [3.8, 4) is 6.07 Å². The molecule has 0 fully saturated rings. The standard InChI is InChI=1S/C17H15N3O2/c18-12-14-6-8-15(9-7-14)20-17(22)16(21)19-11-10-13-4-2-1-3-5-13/h1-9H,10-11H2,(H,19,21)(H,20,22). The zero-order chi connectivity index (χ0) is 15.8. The fourth-order valence-electron chi connectivity index (χ4n) is 1.86. The second-order valence-electron chi connectivity index (χ2n) is 4.63. The normalized spacial score (nSPS) is 9.59. The van der Waals surface area contributed by atoms with Gasteiger partial charge in [0.15, 0.2) is 0 Å². The second-order valence-corrected chi connectivity index (χ2v) is 4.63. The summed E-state index contributed by atoms with van der Waals surface area (Å²) in [7, 11) is 0. The molecule has 5 nitrogen and oxygen atoms in total. The molecule has 110 valence electrons. The molecule has 0 spiro atoms. The van der Waals surface area contributed by atoms with Gasteiger partial charge in [-0.05, 0) is 36.2 Å². The summed E-state index contributed by atoms with van der Waals surface area (Å²) in [5.74, 6) is -1.40. The molecular formula is C17H15N3O2. The van der Waals surface area contributed by atoms with Gasteiger partial charge in [0.2, 0.25) is 0 Å². The Hall–Kier alpha value is -3.13. The Labute approximate surface area is 128 Å². The molecule has 0 aliphatic heterocycles. The lowest BCUT2D eigenvalue weighted by atomic mass is 10.1. The third kappa shape index (κ3) is 4.46. The molecule has 0 heterocycles. The quantitative estimate of drug-likeness (QED) is 0.844. The fraction of sp³-hybridized carbons (Fsp3) is 0.118. The van der Waals surface area contributed by atoms with Crippen molar-refractivity contribution < 1.29 is 9.59 Å². The lowest BCUT2D eigenvalue weighted by molar-refractivity contribution is -0.136. The number of hydrogen-bond donors (Lipinski definition) is 2. The van der Waals surface area contributed by atoms with Crippen molar-refractivity contribution >= 4 is 17.5 Å². The van der Waals surface area contributed by atoms with E-state index in [1.807, 2.05) is 36.4 Å². The van der Waals surface area contributed by atoms with Crippen LogP contribution in [0.3, 0.4) is 0 Å². The van der Waals surface area contributed by atoms with Gasteiger partial charge in [-0.25, -0.2) is 0 Å². The molecule has 0 saturated heterocycles. The first-order valence-corrected chi connectivity index (χ1v) is 6.82. The minimum Gasteiger partial charge on any atom is -0.347 e. The number of anilines is 1. The summed E-state index contributed by atoms with van der Waals surface area (Å²) in [5, 5.41) is 13.7. The van der Waals surface area contributed by atoms with E-state index in [1.54, 1.807) is 24.3 Å². The average Bonchev–Trinajstić information content (AvgIpc) is 2.56. The van der Waals surface area contributed by atoms with Gasteiger partial charge in [-0.1, -0.05) is 30.3 Å². The van der Waals surface area contributed by atoms with Crippen molar-refractivity contribution in [3.05, 3.63) is 65.7 Å². The fourth-order valence-corrected chi connectivity index (χ4v) is 1.86. The molecule has 0 atom stereocenters. The summed E-state index contributed by atoms with van der Waals surface area (Å²) >= 11 is 0. The Morgan fingerprint density at radius 2 is 1.64 bits per heavy atom. The molecule has 0 unspecified atom stereocenters. The van der Waals surface area contributed by atoms with Gasteiger partial charge in [0.05, 0.1) is 11.6 Å². The Kier molecular flexibility index (Phi) is 5.27. The molecule has 0 aliphatic carbocycles. The maximum atomic E-state index is 11.7. The molecule has 2 N–H and O–H groups in total. The number of rotatable bonds is 4. The molecule has 0 bridgehead atoms. The molecule has 2 amide bonds. The Balaban J connectivity index is 1.79.